The SMILES string of the molecule is Brc1sc2c(sc3c(-c4ccccc4)c(Br)sc32)c1-c1ccccc1.CC.COc1cccc(OC)c1-c1sc2c(sc3c(-c4ccccc4)c(-c4c(OC)cccc4OC)sc32)c1-c1ccccc1.COc1cccc(OC)c1B(O)O.[BH4-]. The van der Waals surface area contributed by atoms with Crippen molar-refractivity contribution in [2.75, 3.05) is 42.7 Å². The third-order valence-corrected chi connectivity index (χ3v) is 22.9. The van der Waals surface area contributed by atoms with E-state index in [1.807, 2.05) is 95.6 Å². The summed E-state index contributed by atoms with van der Waals surface area (Å²) in [6.45, 7) is 4.00. The summed E-state index contributed by atoms with van der Waals surface area (Å²) >= 11 is 18.6. The Kier molecular flexibility index (Phi) is 20.9. The van der Waals surface area contributed by atoms with Gasteiger partial charge in [-0.05, 0) is 90.5 Å². The van der Waals surface area contributed by atoms with Crippen LogP contribution in [0.5, 0.6) is 34.5 Å². The molecule has 84 heavy (non-hydrogen) atoms. The molecule has 0 fully saturated rings. The molecule has 13 rings (SSSR count). The largest absolute Gasteiger partial charge is 0.497 e. The van der Waals surface area contributed by atoms with Crippen LogP contribution < -0.4 is 33.9 Å². The van der Waals surface area contributed by atoms with Crippen LogP contribution in [0.25, 0.3) is 103 Å². The summed E-state index contributed by atoms with van der Waals surface area (Å²) in [7, 11) is 8.19. The molecule has 0 atom stereocenters. The Labute approximate surface area is 532 Å². The normalized spacial score (nSPS) is 10.8. The Morgan fingerprint density at radius 1 is 0.298 bits per heavy atom. The molecule has 0 saturated heterocycles. The van der Waals surface area contributed by atoms with Gasteiger partial charge in [0.05, 0.1) is 114 Å². The zero-order valence-corrected chi connectivity index (χ0v) is 54.4. The fourth-order valence-electron chi connectivity index (χ4n) is 9.87. The van der Waals surface area contributed by atoms with Crippen molar-refractivity contribution in [2.45, 2.75) is 13.8 Å². The van der Waals surface area contributed by atoms with E-state index < -0.39 is 7.12 Å². The Morgan fingerprint density at radius 3 is 0.821 bits per heavy atom. The van der Waals surface area contributed by atoms with Crippen LogP contribution >= 0.6 is 99.9 Å². The predicted molar refractivity (Wildman–Crippen MR) is 376 cm³/mol. The predicted octanol–water partition coefficient (Wildman–Crippen LogP) is 18.9. The molecule has 0 saturated carbocycles. The molecule has 0 bridgehead atoms. The first-order valence-corrected chi connectivity index (χ1v) is 32.7. The van der Waals surface area contributed by atoms with Crippen LogP contribution in [0, 0.1) is 0 Å². The summed E-state index contributed by atoms with van der Waals surface area (Å²) in [5, 5.41) is 18.1. The number of thiophene rings is 6. The highest BCUT2D eigenvalue weighted by molar-refractivity contribution is 9.11. The smallest absolute Gasteiger partial charge is 0.496 e. The van der Waals surface area contributed by atoms with Gasteiger partial charge in [-0.2, -0.15) is 0 Å². The van der Waals surface area contributed by atoms with E-state index in [1.165, 1.54) is 104 Å². The summed E-state index contributed by atoms with van der Waals surface area (Å²) in [6, 6.07) is 59.5. The Bertz CT molecular complexity index is 4020. The van der Waals surface area contributed by atoms with E-state index in [4.69, 9.17) is 38.5 Å². The maximum atomic E-state index is 9.04. The van der Waals surface area contributed by atoms with E-state index in [0.29, 0.717) is 11.5 Å². The van der Waals surface area contributed by atoms with Gasteiger partial charge in [-0.1, -0.05) is 162 Å². The highest BCUT2D eigenvalue weighted by Gasteiger charge is 2.30. The van der Waals surface area contributed by atoms with Gasteiger partial charge in [0, 0.05) is 22.3 Å². The molecular formula is C66H59B2Br2O8S6-. The number of ether oxygens (including phenoxy) is 6. The van der Waals surface area contributed by atoms with Crippen LogP contribution in [0.1, 0.15) is 13.8 Å². The second kappa shape index (κ2) is 28.2. The molecule has 6 heterocycles. The van der Waals surface area contributed by atoms with Crippen molar-refractivity contribution >= 4 is 158 Å². The number of rotatable bonds is 13. The van der Waals surface area contributed by atoms with E-state index in [0.717, 1.165) is 43.9 Å². The van der Waals surface area contributed by atoms with Crippen LogP contribution in [-0.2, 0) is 0 Å². The highest BCUT2D eigenvalue weighted by atomic mass is 79.9. The van der Waals surface area contributed by atoms with Crippen LogP contribution in [0.4, 0.5) is 0 Å². The van der Waals surface area contributed by atoms with Crippen molar-refractivity contribution in [1.82, 2.24) is 0 Å². The van der Waals surface area contributed by atoms with Crippen LogP contribution in [-0.4, -0.2) is 68.2 Å². The van der Waals surface area contributed by atoms with Crippen molar-refractivity contribution in [1.29, 1.82) is 0 Å². The maximum absolute atomic E-state index is 9.04. The van der Waals surface area contributed by atoms with Gasteiger partial charge in [-0.15, -0.1) is 68.0 Å². The molecule has 18 heteroatoms. The molecule has 0 aliphatic heterocycles. The molecule has 6 aromatic heterocycles. The molecule has 0 spiro atoms. The minimum absolute atomic E-state index is 0. The maximum Gasteiger partial charge on any atom is 0.496 e. The van der Waals surface area contributed by atoms with Gasteiger partial charge < -0.3 is 38.5 Å². The van der Waals surface area contributed by atoms with E-state index >= 15 is 0 Å². The van der Waals surface area contributed by atoms with Gasteiger partial charge in [0.25, 0.3) is 0 Å². The van der Waals surface area contributed by atoms with Gasteiger partial charge in [0.1, 0.15) is 34.5 Å². The van der Waals surface area contributed by atoms with Gasteiger partial charge in [0.2, 0.25) is 0 Å². The third-order valence-electron chi connectivity index (χ3n) is 13.5. The van der Waals surface area contributed by atoms with E-state index in [1.54, 1.807) is 69.3 Å². The Hall–Kier alpha value is -6.41. The van der Waals surface area contributed by atoms with Crippen LogP contribution in [0.15, 0.2) is 183 Å². The topological polar surface area (TPSA) is 95.8 Å². The van der Waals surface area contributed by atoms with Crippen LogP contribution in [0.3, 0.4) is 0 Å². The number of hydrogen-bond acceptors (Lipinski definition) is 14. The first kappa shape index (κ1) is 62.1. The van der Waals surface area contributed by atoms with Crippen molar-refractivity contribution < 1.29 is 38.5 Å². The number of hydrogen-bond donors (Lipinski definition) is 2. The highest BCUT2D eigenvalue weighted by Crippen LogP contribution is 2.61. The van der Waals surface area contributed by atoms with Gasteiger partial charge in [-0.25, -0.2) is 0 Å². The summed E-state index contributed by atoms with van der Waals surface area (Å²) in [5.41, 5.74) is 12.1. The quantitative estimate of drug-likeness (QED) is 0.110. The van der Waals surface area contributed by atoms with Crippen LogP contribution in [0.2, 0.25) is 0 Å². The molecule has 0 aliphatic carbocycles. The minimum Gasteiger partial charge on any atom is -0.497 e. The summed E-state index contributed by atoms with van der Waals surface area (Å²) < 4.78 is 46.5. The van der Waals surface area contributed by atoms with Crippen molar-refractivity contribution in [2.24, 2.45) is 0 Å². The lowest BCUT2D eigenvalue weighted by atomic mass is 9.78. The zero-order valence-electron chi connectivity index (χ0n) is 46.4. The molecule has 0 amide bonds. The average Bonchev–Trinajstić information content (AvgIpc) is 1.92. The van der Waals surface area contributed by atoms with Crippen molar-refractivity contribution in [3.63, 3.8) is 0 Å². The molecule has 0 aliphatic rings. The van der Waals surface area contributed by atoms with Gasteiger partial charge in [-0.3, -0.25) is 0 Å². The second-order valence-corrected chi connectivity index (χ2v) is 26.7. The lowest BCUT2D eigenvalue weighted by Gasteiger charge is -2.14. The fourth-order valence-corrected chi connectivity index (χ4v) is 20.7. The minimum atomic E-state index is -1.59. The average molecular weight is 1350 g/mol. The third kappa shape index (κ3) is 12.0. The molecule has 0 radical (unpaired) electrons. The summed E-state index contributed by atoms with van der Waals surface area (Å²) in [4.78, 5) is 2.27. The van der Waals surface area contributed by atoms with Crippen molar-refractivity contribution in [3.8, 4) is 99.9 Å². The standard InChI is InChI=1S/C36H28O4S3.C20H10Br2S3.C8H11BO4.C2H6.BH4/c1-37-23-17-11-18-24(38-2)29(23)31-27(21-13-7-5-8-14-21)33-35(41-31)36-34(43-33)28(22-15-9-6-10-16-22)32(42-36)30-25(39-3)19-12-20-26(30)40-4;21-19-13(11-7-3-1-4-8-11)15-17(24-19)18-16(23-15)14(20(22)25-18)12-9-5-2-6-10-12;1-12-6-4-3-5-7(13-2)8(6)9(10)11;1-2;/h5-20H,1-4H3;1-10H;3-5,10-11H,1-2H3;1-2H3;1H4/q;;;;-1. The number of benzene rings is 7. The Balaban J connectivity index is 0.000000173. The monoisotopic (exact) mass is 1350 g/mol. The molecule has 2 N–H and O–H groups in total. The second-order valence-electron chi connectivity index (χ2n) is 17.9. The molecule has 428 valence electrons. The van der Waals surface area contributed by atoms with E-state index in [2.05, 4.69) is 153 Å². The molecule has 7 aromatic carbocycles. The van der Waals surface area contributed by atoms with E-state index in [-0.39, 0.29) is 13.9 Å². The first-order valence-electron chi connectivity index (χ1n) is 26.2. The number of methoxy groups -OCH3 is 6. The summed E-state index contributed by atoms with van der Waals surface area (Å²) in [6.07, 6.45) is 0. The molecule has 13 aromatic rings. The fraction of sp³-hybridized carbons (Fsp3) is 0.121. The lowest BCUT2D eigenvalue weighted by molar-refractivity contribution is 0.385. The van der Waals surface area contributed by atoms with Gasteiger partial charge >= 0.3 is 7.12 Å². The number of halogens is 2. The zero-order chi connectivity index (χ0) is 58.3. The van der Waals surface area contributed by atoms with Gasteiger partial charge in [0.15, 0.2) is 0 Å². The number of fused-ring (bicyclic) bond motifs is 6. The molecular weight excluding hydrogens is 1290 g/mol. The summed E-state index contributed by atoms with van der Waals surface area (Å²) in [5.74, 6) is 3.95. The molecule has 8 nitrogen and oxygen atoms in total. The first-order chi connectivity index (χ1) is 40.6. The van der Waals surface area contributed by atoms with Crippen molar-refractivity contribution in [3.05, 3.63) is 183 Å². The Morgan fingerprint density at radius 2 is 0.548 bits per heavy atom. The lowest BCUT2D eigenvalue weighted by Crippen LogP contribution is -2.32. The van der Waals surface area contributed by atoms with E-state index in [9.17, 15) is 0 Å². The molecule has 0 unspecified atom stereocenters.